The van der Waals surface area contributed by atoms with E-state index >= 15 is 0 Å². The summed E-state index contributed by atoms with van der Waals surface area (Å²) >= 11 is 0. The molecule has 0 aliphatic heterocycles. The molecule has 0 aliphatic rings. The van der Waals surface area contributed by atoms with Crippen molar-refractivity contribution in [1.29, 1.82) is 0 Å². The van der Waals surface area contributed by atoms with Crippen LogP contribution in [0, 0.1) is 10.1 Å². The predicted molar refractivity (Wildman–Crippen MR) is 76.9 cm³/mol. The van der Waals surface area contributed by atoms with E-state index in [1.165, 1.54) is 18.2 Å². The quantitative estimate of drug-likeness (QED) is 0.442. The Kier molecular flexibility index (Phi) is 6.46. The van der Waals surface area contributed by atoms with Crippen molar-refractivity contribution in [3.8, 4) is 0 Å². The summed E-state index contributed by atoms with van der Waals surface area (Å²) < 4.78 is 4.82. The van der Waals surface area contributed by atoms with Crippen molar-refractivity contribution in [2.24, 2.45) is 0 Å². The molecular formula is C14H18N2O6. The number of nitrogens with one attached hydrogen (secondary N) is 1. The number of ether oxygens (including phenoxy) is 1. The number of benzene rings is 1. The van der Waals surface area contributed by atoms with E-state index in [9.17, 15) is 24.8 Å². The van der Waals surface area contributed by atoms with Crippen LogP contribution in [-0.4, -0.2) is 34.6 Å². The molecule has 1 aromatic carbocycles. The van der Waals surface area contributed by atoms with Gasteiger partial charge in [-0.25, -0.2) is 4.79 Å². The number of hydrogen-bond donors (Lipinski definition) is 2. The van der Waals surface area contributed by atoms with Crippen LogP contribution in [0.2, 0.25) is 0 Å². The maximum absolute atomic E-state index is 11.9. The SMILES string of the molecule is CCOC(=O)[C@H](NC(=O)CC)[C@H](O)c1cccc([N+](=O)[O-])c1. The summed E-state index contributed by atoms with van der Waals surface area (Å²) in [5.74, 6) is -1.24. The van der Waals surface area contributed by atoms with E-state index < -0.39 is 28.9 Å². The minimum atomic E-state index is -1.45. The van der Waals surface area contributed by atoms with E-state index in [-0.39, 0.29) is 24.3 Å². The Hall–Kier alpha value is -2.48. The number of nitro groups is 1. The van der Waals surface area contributed by atoms with Gasteiger partial charge in [0.25, 0.3) is 5.69 Å². The minimum absolute atomic E-state index is 0.0823. The third-order valence-electron chi connectivity index (χ3n) is 2.92. The molecule has 0 saturated heterocycles. The fraction of sp³-hybridized carbons (Fsp3) is 0.429. The molecule has 0 bridgehead atoms. The Bertz CT molecular complexity index is 560. The van der Waals surface area contributed by atoms with Crippen molar-refractivity contribution >= 4 is 17.6 Å². The number of hydrogen-bond acceptors (Lipinski definition) is 6. The second kappa shape index (κ2) is 8.08. The van der Waals surface area contributed by atoms with Crippen molar-refractivity contribution < 1.29 is 24.4 Å². The van der Waals surface area contributed by atoms with Crippen LogP contribution in [0.5, 0.6) is 0 Å². The van der Waals surface area contributed by atoms with Crippen molar-refractivity contribution in [2.45, 2.75) is 32.4 Å². The molecule has 0 aliphatic carbocycles. The molecule has 0 radical (unpaired) electrons. The van der Waals surface area contributed by atoms with Crippen molar-refractivity contribution in [2.75, 3.05) is 6.61 Å². The molecule has 0 aromatic heterocycles. The lowest BCUT2D eigenvalue weighted by Crippen LogP contribution is -2.45. The van der Waals surface area contributed by atoms with Gasteiger partial charge in [0, 0.05) is 18.6 Å². The normalized spacial score (nSPS) is 13.0. The first kappa shape index (κ1) is 17.6. The summed E-state index contributed by atoms with van der Waals surface area (Å²) in [6.07, 6.45) is -1.33. The van der Waals surface area contributed by atoms with Gasteiger partial charge in [-0.3, -0.25) is 14.9 Å². The van der Waals surface area contributed by atoms with Crippen LogP contribution in [0.15, 0.2) is 24.3 Å². The lowest BCUT2D eigenvalue weighted by Gasteiger charge is -2.22. The fourth-order valence-electron chi connectivity index (χ4n) is 1.79. The van der Waals surface area contributed by atoms with E-state index in [0.717, 1.165) is 6.07 Å². The van der Waals surface area contributed by atoms with E-state index in [1.807, 2.05) is 0 Å². The van der Waals surface area contributed by atoms with Crippen molar-refractivity contribution in [1.82, 2.24) is 5.32 Å². The first-order valence-electron chi connectivity index (χ1n) is 6.79. The summed E-state index contributed by atoms with van der Waals surface area (Å²) in [6.45, 7) is 3.27. The molecule has 0 heterocycles. The topological polar surface area (TPSA) is 119 Å². The van der Waals surface area contributed by atoms with Gasteiger partial charge < -0.3 is 15.2 Å². The fourth-order valence-corrected chi connectivity index (χ4v) is 1.79. The highest BCUT2D eigenvalue weighted by molar-refractivity contribution is 5.85. The Morgan fingerprint density at radius 1 is 1.41 bits per heavy atom. The molecule has 0 spiro atoms. The smallest absolute Gasteiger partial charge is 0.331 e. The average Bonchev–Trinajstić information content (AvgIpc) is 2.51. The molecule has 0 saturated carbocycles. The molecule has 8 heteroatoms. The monoisotopic (exact) mass is 310 g/mol. The van der Waals surface area contributed by atoms with Gasteiger partial charge >= 0.3 is 5.97 Å². The number of nitrogens with zero attached hydrogens (tertiary/aromatic N) is 1. The van der Waals surface area contributed by atoms with Crippen LogP contribution < -0.4 is 5.32 Å². The van der Waals surface area contributed by atoms with E-state index in [2.05, 4.69) is 5.32 Å². The summed E-state index contributed by atoms with van der Waals surface area (Å²) in [4.78, 5) is 33.6. The number of carbonyl (C=O) groups is 2. The predicted octanol–water partition coefficient (Wildman–Crippen LogP) is 1.09. The van der Waals surface area contributed by atoms with E-state index in [0.29, 0.717) is 0 Å². The van der Waals surface area contributed by atoms with Crippen molar-refractivity contribution in [3.63, 3.8) is 0 Å². The molecule has 2 N–H and O–H groups in total. The molecular weight excluding hydrogens is 292 g/mol. The second-order valence-electron chi connectivity index (χ2n) is 4.45. The largest absolute Gasteiger partial charge is 0.464 e. The van der Waals surface area contributed by atoms with Gasteiger partial charge in [-0.05, 0) is 12.5 Å². The first-order valence-corrected chi connectivity index (χ1v) is 6.79. The molecule has 22 heavy (non-hydrogen) atoms. The number of amides is 1. The average molecular weight is 310 g/mol. The number of carbonyl (C=O) groups excluding carboxylic acids is 2. The number of non-ortho nitro benzene ring substituents is 1. The first-order chi connectivity index (χ1) is 10.4. The molecule has 0 unspecified atom stereocenters. The molecule has 120 valence electrons. The Morgan fingerprint density at radius 3 is 2.64 bits per heavy atom. The third-order valence-corrected chi connectivity index (χ3v) is 2.92. The van der Waals surface area contributed by atoms with Gasteiger partial charge in [-0.1, -0.05) is 19.1 Å². The maximum atomic E-state index is 11.9. The lowest BCUT2D eigenvalue weighted by molar-refractivity contribution is -0.385. The number of aliphatic hydroxyl groups excluding tert-OH is 1. The number of rotatable bonds is 7. The Morgan fingerprint density at radius 2 is 2.09 bits per heavy atom. The van der Waals surface area contributed by atoms with Gasteiger partial charge in [0.1, 0.15) is 6.10 Å². The zero-order valence-corrected chi connectivity index (χ0v) is 12.3. The number of nitro benzene ring substituents is 1. The molecule has 1 rings (SSSR count). The summed E-state index contributed by atoms with van der Waals surface area (Å²) in [7, 11) is 0. The van der Waals surface area contributed by atoms with Crippen LogP contribution in [0.3, 0.4) is 0 Å². The van der Waals surface area contributed by atoms with Crippen LogP contribution >= 0.6 is 0 Å². The Balaban J connectivity index is 3.06. The molecule has 2 atom stereocenters. The maximum Gasteiger partial charge on any atom is 0.331 e. The van der Waals surface area contributed by atoms with Crippen molar-refractivity contribution in [3.05, 3.63) is 39.9 Å². The summed E-state index contributed by atoms with van der Waals surface area (Å²) in [5, 5.41) is 23.4. The zero-order valence-electron chi connectivity index (χ0n) is 12.3. The van der Waals surface area contributed by atoms with Gasteiger partial charge in [0.15, 0.2) is 6.04 Å². The van der Waals surface area contributed by atoms with E-state index in [4.69, 9.17) is 4.74 Å². The number of esters is 1. The summed E-state index contributed by atoms with van der Waals surface area (Å²) in [6, 6.07) is 3.91. The van der Waals surface area contributed by atoms with Gasteiger partial charge in [-0.2, -0.15) is 0 Å². The van der Waals surface area contributed by atoms with Gasteiger partial charge in [-0.15, -0.1) is 0 Å². The van der Waals surface area contributed by atoms with Crippen LogP contribution in [0.25, 0.3) is 0 Å². The third kappa shape index (κ3) is 4.52. The van der Waals surface area contributed by atoms with Crippen LogP contribution in [-0.2, 0) is 14.3 Å². The highest BCUT2D eigenvalue weighted by Crippen LogP contribution is 2.22. The van der Waals surface area contributed by atoms with Crippen LogP contribution in [0.4, 0.5) is 5.69 Å². The molecule has 8 nitrogen and oxygen atoms in total. The van der Waals surface area contributed by atoms with Crippen LogP contribution in [0.1, 0.15) is 31.9 Å². The highest BCUT2D eigenvalue weighted by atomic mass is 16.6. The van der Waals surface area contributed by atoms with Gasteiger partial charge in [0.2, 0.25) is 5.91 Å². The highest BCUT2D eigenvalue weighted by Gasteiger charge is 2.31. The Labute approximate surface area is 127 Å². The minimum Gasteiger partial charge on any atom is -0.464 e. The molecule has 0 fully saturated rings. The molecule has 1 amide bonds. The standard InChI is InChI=1S/C14H18N2O6/c1-3-11(17)15-12(14(19)22-4-2)13(18)9-6-5-7-10(8-9)16(20)21/h5-8,12-13,18H,3-4H2,1-2H3,(H,15,17)/t12-,13-/m1/s1. The second-order valence-corrected chi connectivity index (χ2v) is 4.45. The lowest BCUT2D eigenvalue weighted by atomic mass is 10.0. The molecule has 1 aromatic rings. The van der Waals surface area contributed by atoms with Gasteiger partial charge in [0.05, 0.1) is 11.5 Å². The summed E-state index contributed by atoms with van der Waals surface area (Å²) in [5.41, 5.74) is -0.0790. The van der Waals surface area contributed by atoms with E-state index in [1.54, 1.807) is 13.8 Å². The number of aliphatic hydroxyl groups is 1. The zero-order chi connectivity index (χ0) is 16.7.